The highest BCUT2D eigenvalue weighted by Gasteiger charge is 2.34. The van der Waals surface area contributed by atoms with Gasteiger partial charge in [0.15, 0.2) is 9.84 Å². The molecule has 1 aliphatic rings. The molecule has 0 aliphatic carbocycles. The van der Waals surface area contributed by atoms with Gasteiger partial charge in [-0.15, -0.1) is 0 Å². The van der Waals surface area contributed by atoms with Crippen LogP contribution in [0.15, 0.2) is 12.1 Å². The normalized spacial score (nSPS) is 22.7. The zero-order valence-corrected chi connectivity index (χ0v) is 14.2. The zero-order chi connectivity index (χ0) is 15.8. The van der Waals surface area contributed by atoms with Gasteiger partial charge in [0.1, 0.15) is 0 Å². The number of likely N-dealkylation sites (N-methyl/N-ethyl adjacent to an activating group) is 1. The SMILES string of the molecule is Cc1cc(C)c(C(CN)N(C)C2CCS(=O)(=O)C2)cc1C. The Hall–Kier alpha value is -0.910. The number of hydrogen-bond donors (Lipinski definition) is 1. The van der Waals surface area contributed by atoms with Crippen LogP contribution < -0.4 is 5.73 Å². The Bertz CT molecular complexity index is 625. The molecule has 1 saturated heterocycles. The molecule has 1 aliphatic heterocycles. The van der Waals surface area contributed by atoms with Gasteiger partial charge in [0.05, 0.1) is 11.5 Å². The van der Waals surface area contributed by atoms with Crippen molar-refractivity contribution in [3.63, 3.8) is 0 Å². The van der Waals surface area contributed by atoms with Gasteiger partial charge in [0.2, 0.25) is 0 Å². The number of nitrogens with two attached hydrogens (primary N) is 1. The van der Waals surface area contributed by atoms with Gasteiger partial charge < -0.3 is 5.73 Å². The molecule has 21 heavy (non-hydrogen) atoms. The minimum atomic E-state index is -2.87. The standard InChI is InChI=1S/C16H26N2O2S/c1-11-7-13(3)15(8-12(11)2)16(9-17)18(4)14-5-6-21(19,20)10-14/h7-8,14,16H,5-6,9-10,17H2,1-4H3. The molecule has 4 nitrogen and oxygen atoms in total. The lowest BCUT2D eigenvalue weighted by atomic mass is 9.94. The highest BCUT2D eigenvalue weighted by molar-refractivity contribution is 7.91. The number of rotatable bonds is 4. The molecule has 118 valence electrons. The third kappa shape index (κ3) is 3.47. The first kappa shape index (κ1) is 16.5. The van der Waals surface area contributed by atoms with E-state index in [1.165, 1.54) is 22.3 Å². The van der Waals surface area contributed by atoms with Gasteiger partial charge in [-0.2, -0.15) is 0 Å². The van der Waals surface area contributed by atoms with Crippen LogP contribution in [0.3, 0.4) is 0 Å². The predicted octanol–water partition coefficient (Wildman–Crippen LogP) is 1.73. The lowest BCUT2D eigenvalue weighted by Gasteiger charge is -2.33. The summed E-state index contributed by atoms with van der Waals surface area (Å²) in [5, 5.41) is 0. The Morgan fingerprint density at radius 2 is 1.86 bits per heavy atom. The summed E-state index contributed by atoms with van der Waals surface area (Å²) in [6.07, 6.45) is 0.708. The Morgan fingerprint density at radius 3 is 2.38 bits per heavy atom. The van der Waals surface area contributed by atoms with E-state index in [1.807, 2.05) is 7.05 Å². The number of nitrogens with zero attached hydrogens (tertiary/aromatic N) is 1. The third-order valence-electron chi connectivity index (χ3n) is 4.74. The molecule has 0 saturated carbocycles. The maximum Gasteiger partial charge on any atom is 0.151 e. The van der Waals surface area contributed by atoms with E-state index in [0.717, 1.165) is 0 Å². The maximum atomic E-state index is 11.7. The quantitative estimate of drug-likeness (QED) is 0.920. The van der Waals surface area contributed by atoms with Crippen molar-refractivity contribution in [2.24, 2.45) is 5.73 Å². The second-order valence-corrected chi connectivity index (χ2v) is 8.50. The van der Waals surface area contributed by atoms with Gasteiger partial charge in [0.25, 0.3) is 0 Å². The van der Waals surface area contributed by atoms with E-state index in [2.05, 4.69) is 37.8 Å². The average Bonchev–Trinajstić information content (AvgIpc) is 2.76. The van der Waals surface area contributed by atoms with Crippen LogP contribution in [0.5, 0.6) is 0 Å². The molecule has 2 N–H and O–H groups in total. The molecule has 1 heterocycles. The van der Waals surface area contributed by atoms with Crippen LogP contribution in [-0.4, -0.2) is 44.5 Å². The molecule has 1 aromatic carbocycles. The van der Waals surface area contributed by atoms with Gasteiger partial charge >= 0.3 is 0 Å². The summed E-state index contributed by atoms with van der Waals surface area (Å²) >= 11 is 0. The van der Waals surface area contributed by atoms with Gasteiger partial charge in [0, 0.05) is 18.6 Å². The topological polar surface area (TPSA) is 63.4 Å². The largest absolute Gasteiger partial charge is 0.329 e. The van der Waals surface area contributed by atoms with E-state index in [1.54, 1.807) is 0 Å². The van der Waals surface area contributed by atoms with Crippen LogP contribution in [0.2, 0.25) is 0 Å². The third-order valence-corrected chi connectivity index (χ3v) is 6.49. The number of benzene rings is 1. The molecule has 1 aromatic rings. The summed E-state index contributed by atoms with van der Waals surface area (Å²) in [5.74, 6) is 0.551. The molecule has 5 heteroatoms. The Balaban J connectivity index is 2.29. The lowest BCUT2D eigenvalue weighted by Crippen LogP contribution is -2.39. The highest BCUT2D eigenvalue weighted by atomic mass is 32.2. The van der Waals surface area contributed by atoms with Crippen LogP contribution in [0.4, 0.5) is 0 Å². The summed E-state index contributed by atoms with van der Waals surface area (Å²) in [5.41, 5.74) is 11.0. The summed E-state index contributed by atoms with van der Waals surface area (Å²) < 4.78 is 23.4. The first-order valence-corrected chi connectivity index (χ1v) is 9.27. The molecule has 2 rings (SSSR count). The Morgan fingerprint density at radius 1 is 1.24 bits per heavy atom. The molecule has 0 spiro atoms. The first-order valence-electron chi connectivity index (χ1n) is 7.45. The van der Waals surface area contributed by atoms with E-state index >= 15 is 0 Å². The summed E-state index contributed by atoms with van der Waals surface area (Å²) in [6.45, 7) is 6.81. The van der Waals surface area contributed by atoms with Crippen molar-refractivity contribution in [3.8, 4) is 0 Å². The molecule has 0 aromatic heterocycles. The maximum absolute atomic E-state index is 11.7. The summed E-state index contributed by atoms with van der Waals surface area (Å²) in [6, 6.07) is 4.53. The van der Waals surface area contributed by atoms with Gasteiger partial charge in [-0.05, 0) is 56.5 Å². The van der Waals surface area contributed by atoms with E-state index in [4.69, 9.17) is 5.73 Å². The monoisotopic (exact) mass is 310 g/mol. The van der Waals surface area contributed by atoms with Crippen LogP contribution in [0.1, 0.15) is 34.7 Å². The predicted molar refractivity (Wildman–Crippen MR) is 87.3 cm³/mol. The number of aryl methyl sites for hydroxylation is 3. The minimum Gasteiger partial charge on any atom is -0.329 e. The van der Waals surface area contributed by atoms with Crippen molar-refractivity contribution >= 4 is 9.84 Å². The molecular formula is C16H26N2O2S. The molecule has 2 atom stereocenters. The number of hydrogen-bond acceptors (Lipinski definition) is 4. The zero-order valence-electron chi connectivity index (χ0n) is 13.4. The molecule has 2 unspecified atom stereocenters. The van der Waals surface area contributed by atoms with Crippen molar-refractivity contribution in [3.05, 3.63) is 34.4 Å². The second-order valence-electron chi connectivity index (χ2n) is 6.27. The van der Waals surface area contributed by atoms with Gasteiger partial charge in [-0.25, -0.2) is 8.42 Å². The lowest BCUT2D eigenvalue weighted by molar-refractivity contribution is 0.192. The Labute approximate surface area is 128 Å². The van der Waals surface area contributed by atoms with Gasteiger partial charge in [-0.3, -0.25) is 4.90 Å². The highest BCUT2D eigenvalue weighted by Crippen LogP contribution is 2.29. The molecular weight excluding hydrogens is 284 g/mol. The summed E-state index contributed by atoms with van der Waals surface area (Å²) in [4.78, 5) is 2.15. The molecule has 0 amide bonds. The Kier molecular flexibility index (Phi) is 4.76. The fourth-order valence-electron chi connectivity index (χ4n) is 3.21. The summed E-state index contributed by atoms with van der Waals surface area (Å²) in [7, 11) is -0.874. The fraction of sp³-hybridized carbons (Fsp3) is 0.625. The molecule has 1 fully saturated rings. The van der Waals surface area contributed by atoms with E-state index in [9.17, 15) is 8.42 Å². The van der Waals surface area contributed by atoms with Crippen LogP contribution in [0, 0.1) is 20.8 Å². The smallest absolute Gasteiger partial charge is 0.151 e. The fourth-order valence-corrected chi connectivity index (χ4v) is 4.99. The average molecular weight is 310 g/mol. The number of sulfone groups is 1. The van der Waals surface area contributed by atoms with Crippen LogP contribution >= 0.6 is 0 Å². The van der Waals surface area contributed by atoms with Gasteiger partial charge in [-0.1, -0.05) is 12.1 Å². The van der Waals surface area contributed by atoms with E-state index in [-0.39, 0.29) is 17.8 Å². The van der Waals surface area contributed by atoms with E-state index < -0.39 is 9.84 Å². The second kappa shape index (κ2) is 6.07. The molecule has 0 bridgehead atoms. The van der Waals surface area contributed by atoms with Crippen molar-refractivity contribution < 1.29 is 8.42 Å². The van der Waals surface area contributed by atoms with E-state index in [0.29, 0.717) is 18.7 Å². The van der Waals surface area contributed by atoms with Crippen molar-refractivity contribution in [2.75, 3.05) is 25.1 Å². The first-order chi connectivity index (χ1) is 9.75. The van der Waals surface area contributed by atoms with Crippen LogP contribution in [-0.2, 0) is 9.84 Å². The van der Waals surface area contributed by atoms with Crippen molar-refractivity contribution in [1.82, 2.24) is 4.90 Å². The van der Waals surface area contributed by atoms with Crippen molar-refractivity contribution in [2.45, 2.75) is 39.3 Å². The van der Waals surface area contributed by atoms with Crippen molar-refractivity contribution in [1.29, 1.82) is 0 Å². The molecule has 0 radical (unpaired) electrons. The minimum absolute atomic E-state index is 0.0719. The van der Waals surface area contributed by atoms with Crippen LogP contribution in [0.25, 0.3) is 0 Å².